The molecule has 2 rings (SSSR count). The molecule has 1 heterocycles. The van der Waals surface area contributed by atoms with E-state index in [0.717, 1.165) is 25.9 Å². The minimum absolute atomic E-state index is 0.0278. The van der Waals surface area contributed by atoms with Crippen molar-refractivity contribution in [3.63, 3.8) is 0 Å². The first-order valence-corrected chi connectivity index (χ1v) is 7.92. The van der Waals surface area contributed by atoms with E-state index in [4.69, 9.17) is 10.00 Å². The van der Waals surface area contributed by atoms with Crippen LogP contribution in [0, 0.1) is 11.3 Å². The Kier molecular flexibility index (Phi) is 6.24. The monoisotopic (exact) mass is 316 g/mol. The minimum atomic E-state index is -0.0278. The van der Waals surface area contributed by atoms with Crippen molar-refractivity contribution in [1.82, 2.24) is 15.1 Å². The van der Waals surface area contributed by atoms with Crippen LogP contribution < -0.4 is 10.1 Å². The second-order valence-electron chi connectivity index (χ2n) is 5.92. The number of rotatable bonds is 5. The van der Waals surface area contributed by atoms with Crippen molar-refractivity contribution in [3.05, 3.63) is 29.8 Å². The summed E-state index contributed by atoms with van der Waals surface area (Å²) in [4.78, 5) is 16.2. The van der Waals surface area contributed by atoms with Gasteiger partial charge in [-0.15, -0.1) is 0 Å². The number of amides is 2. The van der Waals surface area contributed by atoms with Gasteiger partial charge in [0.2, 0.25) is 0 Å². The third-order valence-corrected chi connectivity index (χ3v) is 4.04. The Morgan fingerprint density at radius 3 is 2.83 bits per heavy atom. The average molecular weight is 316 g/mol. The van der Waals surface area contributed by atoms with Crippen LogP contribution in [0.25, 0.3) is 0 Å². The van der Waals surface area contributed by atoms with Gasteiger partial charge in [0.05, 0.1) is 18.2 Å². The third kappa shape index (κ3) is 5.15. The minimum Gasteiger partial charge on any atom is -0.492 e. The number of nitrogens with zero attached hydrogens (tertiary/aromatic N) is 3. The lowest BCUT2D eigenvalue weighted by atomic mass is 10.1. The molecule has 0 unspecified atom stereocenters. The summed E-state index contributed by atoms with van der Waals surface area (Å²) in [6.45, 7) is 2.45. The highest BCUT2D eigenvalue weighted by Gasteiger charge is 2.24. The molecule has 1 aromatic carbocycles. The zero-order chi connectivity index (χ0) is 16.7. The molecule has 6 heteroatoms. The number of ether oxygens (including phenoxy) is 1. The van der Waals surface area contributed by atoms with Crippen LogP contribution >= 0.6 is 0 Å². The molecule has 1 saturated heterocycles. The van der Waals surface area contributed by atoms with Gasteiger partial charge in [0.25, 0.3) is 0 Å². The lowest BCUT2D eigenvalue weighted by Gasteiger charge is -2.36. The molecule has 0 spiro atoms. The van der Waals surface area contributed by atoms with Crippen molar-refractivity contribution >= 4 is 6.03 Å². The topological polar surface area (TPSA) is 68.6 Å². The van der Waals surface area contributed by atoms with E-state index in [1.54, 1.807) is 24.3 Å². The molecule has 0 bridgehead atoms. The molecule has 0 aromatic heterocycles. The summed E-state index contributed by atoms with van der Waals surface area (Å²) in [6.07, 6.45) is 2.18. The number of nitrogens with one attached hydrogen (secondary N) is 1. The van der Waals surface area contributed by atoms with Crippen LogP contribution in [-0.2, 0) is 0 Å². The first kappa shape index (κ1) is 17.1. The number of benzene rings is 1. The van der Waals surface area contributed by atoms with Gasteiger partial charge in [-0.05, 0) is 51.2 Å². The van der Waals surface area contributed by atoms with Crippen molar-refractivity contribution in [1.29, 1.82) is 5.26 Å². The molecule has 6 nitrogen and oxygen atoms in total. The predicted molar refractivity (Wildman–Crippen MR) is 88.3 cm³/mol. The highest BCUT2D eigenvalue weighted by molar-refractivity contribution is 5.74. The number of piperidine rings is 1. The Morgan fingerprint density at radius 1 is 1.43 bits per heavy atom. The van der Waals surface area contributed by atoms with E-state index in [1.165, 1.54) is 0 Å². The normalized spacial score (nSPS) is 17.7. The van der Waals surface area contributed by atoms with Crippen molar-refractivity contribution < 1.29 is 9.53 Å². The van der Waals surface area contributed by atoms with E-state index in [1.807, 2.05) is 4.90 Å². The van der Waals surface area contributed by atoms with Crippen LogP contribution in [0.2, 0.25) is 0 Å². The fourth-order valence-electron chi connectivity index (χ4n) is 2.63. The Bertz CT molecular complexity index is 551. The number of nitriles is 1. The zero-order valence-electron chi connectivity index (χ0n) is 13.8. The molecule has 124 valence electrons. The summed E-state index contributed by atoms with van der Waals surface area (Å²) >= 11 is 0. The van der Waals surface area contributed by atoms with E-state index >= 15 is 0 Å². The van der Waals surface area contributed by atoms with Gasteiger partial charge in [0.1, 0.15) is 12.4 Å². The Morgan fingerprint density at radius 2 is 2.17 bits per heavy atom. The SMILES string of the molecule is CN(C)[C@H]1CCCN(C(=O)NCCOc2ccc(C#N)cc2)C1. The number of likely N-dealkylation sites (N-methyl/N-ethyl adjacent to an activating group) is 1. The van der Waals surface area contributed by atoms with E-state index in [2.05, 4.69) is 30.4 Å². The summed E-state index contributed by atoms with van der Waals surface area (Å²) in [5.74, 6) is 0.698. The lowest BCUT2D eigenvalue weighted by molar-refractivity contribution is 0.139. The predicted octanol–water partition coefficient (Wildman–Crippen LogP) is 1.67. The van der Waals surface area contributed by atoms with Crippen molar-refractivity contribution in [2.24, 2.45) is 0 Å². The molecule has 1 fully saturated rings. The second kappa shape index (κ2) is 8.39. The van der Waals surface area contributed by atoms with Crippen LogP contribution in [0.15, 0.2) is 24.3 Å². The molecule has 1 aliphatic heterocycles. The highest BCUT2D eigenvalue weighted by Crippen LogP contribution is 2.14. The number of carbonyl (C=O) groups excluding carboxylic acids is 1. The Labute approximate surface area is 137 Å². The number of urea groups is 1. The van der Waals surface area contributed by atoms with Crippen LogP contribution in [0.1, 0.15) is 18.4 Å². The Hall–Kier alpha value is -2.26. The van der Waals surface area contributed by atoms with E-state index in [-0.39, 0.29) is 6.03 Å². The Balaban J connectivity index is 1.69. The highest BCUT2D eigenvalue weighted by atomic mass is 16.5. The average Bonchev–Trinajstić information content (AvgIpc) is 2.59. The molecule has 1 N–H and O–H groups in total. The smallest absolute Gasteiger partial charge is 0.317 e. The summed E-state index contributed by atoms with van der Waals surface area (Å²) in [5, 5.41) is 11.6. The molecule has 0 radical (unpaired) electrons. The van der Waals surface area contributed by atoms with Gasteiger partial charge in [0, 0.05) is 19.1 Å². The molecular weight excluding hydrogens is 292 g/mol. The van der Waals surface area contributed by atoms with E-state index in [0.29, 0.717) is 30.5 Å². The molecule has 1 aliphatic rings. The summed E-state index contributed by atoms with van der Waals surface area (Å²) < 4.78 is 5.55. The van der Waals surface area contributed by atoms with Gasteiger partial charge in [-0.2, -0.15) is 5.26 Å². The van der Waals surface area contributed by atoms with Gasteiger partial charge >= 0.3 is 6.03 Å². The maximum atomic E-state index is 12.2. The quantitative estimate of drug-likeness (QED) is 0.839. The van der Waals surface area contributed by atoms with Gasteiger partial charge < -0.3 is 19.9 Å². The fourth-order valence-corrected chi connectivity index (χ4v) is 2.63. The van der Waals surface area contributed by atoms with E-state index < -0.39 is 0 Å². The van der Waals surface area contributed by atoms with Gasteiger partial charge in [-0.3, -0.25) is 0 Å². The standard InChI is InChI=1S/C17H24N4O2/c1-20(2)15-4-3-10-21(13-15)17(22)19-9-11-23-16-7-5-14(12-18)6-8-16/h5-8,15H,3-4,9-11,13H2,1-2H3,(H,19,22)/t15-/m0/s1. The maximum absolute atomic E-state index is 12.2. The van der Waals surface area contributed by atoms with Gasteiger partial charge in [0.15, 0.2) is 0 Å². The molecule has 1 atom stereocenters. The summed E-state index contributed by atoms with van der Waals surface area (Å²) in [5.41, 5.74) is 0.603. The fraction of sp³-hybridized carbons (Fsp3) is 0.529. The largest absolute Gasteiger partial charge is 0.492 e. The molecule has 2 amide bonds. The second-order valence-corrected chi connectivity index (χ2v) is 5.92. The molecular formula is C17H24N4O2. The zero-order valence-corrected chi connectivity index (χ0v) is 13.8. The summed E-state index contributed by atoms with van der Waals surface area (Å²) in [7, 11) is 4.11. The molecule has 1 aromatic rings. The first-order chi connectivity index (χ1) is 11.1. The number of carbonyl (C=O) groups is 1. The van der Waals surface area contributed by atoms with E-state index in [9.17, 15) is 4.79 Å². The van der Waals surface area contributed by atoms with Crippen molar-refractivity contribution in [2.45, 2.75) is 18.9 Å². The van der Waals surface area contributed by atoms with Crippen LogP contribution in [0.3, 0.4) is 0 Å². The molecule has 0 aliphatic carbocycles. The number of hydrogen-bond acceptors (Lipinski definition) is 4. The lowest BCUT2D eigenvalue weighted by Crippen LogP contribution is -2.51. The van der Waals surface area contributed by atoms with Crippen LogP contribution in [-0.4, -0.2) is 62.2 Å². The number of hydrogen-bond donors (Lipinski definition) is 1. The number of likely N-dealkylation sites (tertiary alicyclic amines) is 1. The van der Waals surface area contributed by atoms with Crippen molar-refractivity contribution in [2.75, 3.05) is 40.3 Å². The maximum Gasteiger partial charge on any atom is 0.317 e. The van der Waals surface area contributed by atoms with Crippen LogP contribution in [0.4, 0.5) is 4.79 Å². The van der Waals surface area contributed by atoms with Crippen LogP contribution in [0.5, 0.6) is 5.75 Å². The van der Waals surface area contributed by atoms with Gasteiger partial charge in [-0.1, -0.05) is 0 Å². The van der Waals surface area contributed by atoms with Gasteiger partial charge in [-0.25, -0.2) is 4.79 Å². The van der Waals surface area contributed by atoms with Crippen molar-refractivity contribution in [3.8, 4) is 11.8 Å². The molecule has 23 heavy (non-hydrogen) atoms. The first-order valence-electron chi connectivity index (χ1n) is 7.92. The third-order valence-electron chi connectivity index (χ3n) is 4.04. The molecule has 0 saturated carbocycles. The summed E-state index contributed by atoms with van der Waals surface area (Å²) in [6, 6.07) is 9.41.